The zero-order chi connectivity index (χ0) is 13.2. The van der Waals surface area contributed by atoms with E-state index >= 15 is 0 Å². The average Bonchev–Trinajstić information content (AvgIpc) is 2.14. The number of benzene rings is 1. The lowest BCUT2D eigenvalue weighted by molar-refractivity contribution is -0.136. The molecule has 1 rings (SSSR count). The van der Waals surface area contributed by atoms with Crippen molar-refractivity contribution in [3.8, 4) is 5.75 Å². The third kappa shape index (κ3) is 3.34. The Morgan fingerprint density at radius 2 is 2.06 bits per heavy atom. The molecular weight excluding hydrogens is 268 g/mol. The van der Waals surface area contributed by atoms with Crippen LogP contribution >= 0.6 is 11.6 Å². The molecule has 0 heterocycles. The van der Waals surface area contributed by atoms with Crippen LogP contribution in [0, 0.1) is 0 Å². The van der Waals surface area contributed by atoms with Gasteiger partial charge in [0.05, 0.1) is 18.6 Å². The van der Waals surface area contributed by atoms with Crippen molar-refractivity contribution in [2.24, 2.45) is 0 Å². The van der Waals surface area contributed by atoms with Gasteiger partial charge < -0.3 is 9.84 Å². The topological polar surface area (TPSA) is 80.7 Å². The summed E-state index contributed by atoms with van der Waals surface area (Å²) >= 11 is 5.84. The van der Waals surface area contributed by atoms with Gasteiger partial charge in [-0.3, -0.25) is 4.79 Å². The van der Waals surface area contributed by atoms with Crippen LogP contribution in [-0.2, 0) is 21.1 Å². The number of hydrogen-bond acceptors (Lipinski definition) is 4. The molecule has 1 aromatic rings. The number of methoxy groups -OCH3 is 1. The smallest absolute Gasteiger partial charge is 0.307 e. The first-order valence-electron chi connectivity index (χ1n) is 4.54. The van der Waals surface area contributed by atoms with E-state index in [1.807, 2.05) is 0 Å². The van der Waals surface area contributed by atoms with E-state index in [9.17, 15) is 13.2 Å². The molecule has 7 heteroatoms. The van der Waals surface area contributed by atoms with Crippen LogP contribution < -0.4 is 4.74 Å². The predicted octanol–water partition coefficient (Wildman–Crippen LogP) is 1.38. The molecule has 17 heavy (non-hydrogen) atoms. The second kappa shape index (κ2) is 4.93. The average molecular weight is 279 g/mol. The fraction of sp³-hybridized carbons (Fsp3) is 0.300. The molecular formula is C10H11ClO5S. The normalized spacial score (nSPS) is 11.2. The van der Waals surface area contributed by atoms with Gasteiger partial charge in [0.15, 0.2) is 15.6 Å². The minimum absolute atomic E-state index is 0.0308. The largest absolute Gasteiger partial charge is 0.494 e. The first-order valence-corrected chi connectivity index (χ1v) is 6.81. The maximum Gasteiger partial charge on any atom is 0.307 e. The van der Waals surface area contributed by atoms with Gasteiger partial charge in [0, 0.05) is 6.26 Å². The van der Waals surface area contributed by atoms with Gasteiger partial charge in [-0.1, -0.05) is 11.6 Å². The van der Waals surface area contributed by atoms with Crippen LogP contribution in [0.4, 0.5) is 0 Å². The van der Waals surface area contributed by atoms with Gasteiger partial charge in [-0.15, -0.1) is 0 Å². The molecule has 1 aromatic carbocycles. The first-order chi connectivity index (χ1) is 7.75. The summed E-state index contributed by atoms with van der Waals surface area (Å²) in [7, 11) is -2.23. The van der Waals surface area contributed by atoms with E-state index in [2.05, 4.69) is 0 Å². The number of ether oxygens (including phenoxy) is 1. The summed E-state index contributed by atoms with van der Waals surface area (Å²) in [4.78, 5) is 10.5. The van der Waals surface area contributed by atoms with Gasteiger partial charge in [-0.05, 0) is 17.7 Å². The fourth-order valence-corrected chi connectivity index (χ4v) is 2.64. The zero-order valence-corrected chi connectivity index (χ0v) is 10.8. The summed E-state index contributed by atoms with van der Waals surface area (Å²) in [5.74, 6) is -1.03. The molecule has 0 radical (unpaired) electrons. The SMILES string of the molecule is COc1c(Cl)cc(CC(=O)O)cc1S(C)(=O)=O. The Bertz CT molecular complexity index is 550. The van der Waals surface area contributed by atoms with Crippen LogP contribution in [0.1, 0.15) is 5.56 Å². The number of hydrogen-bond donors (Lipinski definition) is 1. The summed E-state index contributed by atoms with van der Waals surface area (Å²) in [6.45, 7) is 0. The second-order valence-corrected chi connectivity index (χ2v) is 5.84. The van der Waals surface area contributed by atoms with Gasteiger partial charge in [-0.25, -0.2) is 8.42 Å². The molecule has 1 N–H and O–H groups in total. The highest BCUT2D eigenvalue weighted by molar-refractivity contribution is 7.90. The maximum atomic E-state index is 11.5. The highest BCUT2D eigenvalue weighted by Crippen LogP contribution is 2.33. The van der Waals surface area contributed by atoms with E-state index in [0.717, 1.165) is 6.26 Å². The van der Waals surface area contributed by atoms with Gasteiger partial charge in [-0.2, -0.15) is 0 Å². The molecule has 0 saturated carbocycles. The number of halogens is 1. The van der Waals surface area contributed by atoms with Crippen LogP contribution in [0.2, 0.25) is 5.02 Å². The van der Waals surface area contributed by atoms with Crippen LogP contribution in [0.3, 0.4) is 0 Å². The standard InChI is InChI=1S/C10H11ClO5S/c1-16-10-7(11)3-6(5-9(12)13)4-8(10)17(2,14)15/h3-4H,5H2,1-2H3,(H,12,13). The molecule has 0 aliphatic rings. The van der Waals surface area contributed by atoms with Crippen LogP contribution in [0.25, 0.3) is 0 Å². The number of carboxylic acids is 1. The summed E-state index contributed by atoms with van der Waals surface area (Å²) in [6.07, 6.45) is 0.706. The second-order valence-electron chi connectivity index (χ2n) is 3.45. The van der Waals surface area contributed by atoms with Crippen molar-refractivity contribution in [3.63, 3.8) is 0 Å². The van der Waals surface area contributed by atoms with Gasteiger partial charge in [0.1, 0.15) is 4.90 Å². The van der Waals surface area contributed by atoms with E-state index in [0.29, 0.717) is 5.56 Å². The van der Waals surface area contributed by atoms with E-state index < -0.39 is 15.8 Å². The lowest BCUT2D eigenvalue weighted by Crippen LogP contribution is -2.05. The Labute approximate surface area is 104 Å². The molecule has 0 spiro atoms. The Morgan fingerprint density at radius 3 is 2.47 bits per heavy atom. The molecule has 0 aliphatic heterocycles. The van der Waals surface area contributed by atoms with Gasteiger partial charge in [0.2, 0.25) is 0 Å². The molecule has 0 amide bonds. The van der Waals surface area contributed by atoms with Crippen molar-refractivity contribution in [1.29, 1.82) is 0 Å². The Morgan fingerprint density at radius 1 is 1.47 bits per heavy atom. The highest BCUT2D eigenvalue weighted by atomic mass is 35.5. The Balaban J connectivity index is 3.44. The molecule has 0 saturated heterocycles. The maximum absolute atomic E-state index is 11.5. The Kier molecular flexibility index (Phi) is 4.00. The van der Waals surface area contributed by atoms with Crippen molar-refractivity contribution >= 4 is 27.4 Å². The van der Waals surface area contributed by atoms with Gasteiger partial charge in [0.25, 0.3) is 0 Å². The summed E-state index contributed by atoms with van der Waals surface area (Å²) in [5, 5.41) is 8.73. The number of aliphatic carboxylic acids is 1. The quantitative estimate of drug-likeness (QED) is 0.900. The minimum atomic E-state index is -3.53. The van der Waals surface area contributed by atoms with E-state index in [-0.39, 0.29) is 22.1 Å². The van der Waals surface area contributed by atoms with Crippen molar-refractivity contribution in [3.05, 3.63) is 22.7 Å². The lowest BCUT2D eigenvalue weighted by Gasteiger charge is -2.10. The third-order valence-corrected chi connectivity index (χ3v) is 3.41. The predicted molar refractivity (Wildman–Crippen MR) is 62.5 cm³/mol. The van der Waals surface area contributed by atoms with Crippen molar-refractivity contribution < 1.29 is 23.1 Å². The van der Waals surface area contributed by atoms with Crippen molar-refractivity contribution in [2.75, 3.05) is 13.4 Å². The molecule has 0 unspecified atom stereocenters. The number of rotatable bonds is 4. The van der Waals surface area contributed by atoms with E-state index in [4.69, 9.17) is 21.4 Å². The summed E-state index contributed by atoms with van der Waals surface area (Å²) in [6, 6.07) is 2.64. The van der Waals surface area contributed by atoms with Crippen LogP contribution in [0.5, 0.6) is 5.75 Å². The van der Waals surface area contributed by atoms with Crippen molar-refractivity contribution in [1.82, 2.24) is 0 Å². The lowest BCUT2D eigenvalue weighted by atomic mass is 10.1. The van der Waals surface area contributed by atoms with E-state index in [1.165, 1.54) is 19.2 Å². The number of carboxylic acid groups (broad SMARTS) is 1. The molecule has 0 atom stereocenters. The minimum Gasteiger partial charge on any atom is -0.494 e. The molecule has 0 fully saturated rings. The summed E-state index contributed by atoms with van der Waals surface area (Å²) in [5.41, 5.74) is 0.309. The summed E-state index contributed by atoms with van der Waals surface area (Å²) < 4.78 is 27.9. The first kappa shape index (κ1) is 13.8. The number of carbonyl (C=O) groups is 1. The third-order valence-electron chi connectivity index (χ3n) is 2.03. The molecule has 5 nitrogen and oxygen atoms in total. The molecule has 0 aromatic heterocycles. The van der Waals surface area contributed by atoms with Gasteiger partial charge >= 0.3 is 5.97 Å². The number of sulfone groups is 1. The molecule has 0 aliphatic carbocycles. The van der Waals surface area contributed by atoms with Crippen molar-refractivity contribution in [2.45, 2.75) is 11.3 Å². The zero-order valence-electron chi connectivity index (χ0n) is 9.23. The fourth-order valence-electron chi connectivity index (χ4n) is 1.37. The van der Waals surface area contributed by atoms with Crippen LogP contribution in [-0.4, -0.2) is 32.9 Å². The molecule has 94 valence electrons. The van der Waals surface area contributed by atoms with Crippen LogP contribution in [0.15, 0.2) is 17.0 Å². The van der Waals surface area contributed by atoms with E-state index in [1.54, 1.807) is 0 Å². The highest BCUT2D eigenvalue weighted by Gasteiger charge is 2.19. The Hall–Kier alpha value is -1.27. The monoisotopic (exact) mass is 278 g/mol. The molecule has 0 bridgehead atoms.